The number of hydrogen-bond acceptors (Lipinski definition) is 8. The van der Waals surface area contributed by atoms with Crippen LogP contribution in [0.3, 0.4) is 0 Å². The van der Waals surface area contributed by atoms with Crippen molar-refractivity contribution in [1.82, 2.24) is 34.3 Å². The Labute approximate surface area is 147 Å². The molecule has 3 N–H and O–H groups in total. The van der Waals surface area contributed by atoms with Crippen LogP contribution in [0.25, 0.3) is 16.9 Å². The Kier molecular flexibility index (Phi) is 3.63. The molecular weight excluding hydrogens is 358 g/mol. The van der Waals surface area contributed by atoms with Gasteiger partial charge >= 0.3 is 0 Å². The van der Waals surface area contributed by atoms with E-state index >= 15 is 0 Å². The summed E-state index contributed by atoms with van der Waals surface area (Å²) in [7, 11) is -1.97. The van der Waals surface area contributed by atoms with Crippen LogP contribution >= 0.6 is 0 Å². The van der Waals surface area contributed by atoms with Gasteiger partial charge in [0, 0.05) is 37.4 Å². The molecule has 0 aliphatic rings. The van der Waals surface area contributed by atoms with Gasteiger partial charge in [0.05, 0.1) is 6.20 Å². The number of nitrogens with one attached hydrogen (secondary N) is 1. The molecule has 0 fully saturated rings. The zero-order chi connectivity index (χ0) is 18.3. The van der Waals surface area contributed by atoms with Crippen LogP contribution in [0.5, 0.6) is 0 Å². The molecule has 0 spiro atoms. The van der Waals surface area contributed by atoms with Crippen molar-refractivity contribution in [3.05, 3.63) is 43.1 Å². The monoisotopic (exact) mass is 371 g/mol. The smallest absolute Gasteiger partial charge is 0.248 e. The van der Waals surface area contributed by atoms with Gasteiger partial charge < -0.3 is 5.32 Å². The molecule has 4 aromatic rings. The van der Waals surface area contributed by atoms with Crippen LogP contribution in [0.15, 0.2) is 48.0 Å². The minimum atomic E-state index is -3.79. The number of hydrogen-bond donors (Lipinski definition) is 2. The molecule has 0 aromatic carbocycles. The predicted molar refractivity (Wildman–Crippen MR) is 91.9 cm³/mol. The summed E-state index contributed by atoms with van der Waals surface area (Å²) in [5.74, 6) is 0.670. The van der Waals surface area contributed by atoms with Crippen molar-refractivity contribution in [3.63, 3.8) is 0 Å². The lowest BCUT2D eigenvalue weighted by atomic mass is 10.2. The number of fused-ring (bicyclic) bond motifs is 1. The SMILES string of the molecule is Cn1cc(-c2nccn3nc(Nc4ccc(S(N)(=O)=O)cn4)nc23)cn1. The molecule has 4 rings (SSSR count). The number of pyridine rings is 1. The minimum Gasteiger partial charge on any atom is -0.307 e. The van der Waals surface area contributed by atoms with E-state index in [-0.39, 0.29) is 4.90 Å². The Morgan fingerprint density at radius 1 is 1.19 bits per heavy atom. The van der Waals surface area contributed by atoms with Gasteiger partial charge in [-0.3, -0.25) is 9.67 Å². The highest BCUT2D eigenvalue weighted by molar-refractivity contribution is 7.89. The van der Waals surface area contributed by atoms with E-state index in [4.69, 9.17) is 5.14 Å². The third-order valence-corrected chi connectivity index (χ3v) is 4.44. The molecule has 132 valence electrons. The Morgan fingerprint density at radius 3 is 2.69 bits per heavy atom. The molecule has 26 heavy (non-hydrogen) atoms. The van der Waals surface area contributed by atoms with Crippen LogP contribution in [0.4, 0.5) is 11.8 Å². The third-order valence-electron chi connectivity index (χ3n) is 3.54. The van der Waals surface area contributed by atoms with Gasteiger partial charge in [0.2, 0.25) is 16.0 Å². The van der Waals surface area contributed by atoms with Crippen LogP contribution in [0.2, 0.25) is 0 Å². The molecule has 4 heterocycles. The number of primary sulfonamides is 1. The lowest BCUT2D eigenvalue weighted by Crippen LogP contribution is -2.12. The summed E-state index contributed by atoms with van der Waals surface area (Å²) in [6, 6.07) is 2.83. The van der Waals surface area contributed by atoms with Crippen molar-refractivity contribution in [2.24, 2.45) is 12.2 Å². The van der Waals surface area contributed by atoms with Gasteiger partial charge in [0.25, 0.3) is 0 Å². The first-order valence-electron chi connectivity index (χ1n) is 7.36. The topological polar surface area (TPSA) is 146 Å². The van der Waals surface area contributed by atoms with Gasteiger partial charge in [0.1, 0.15) is 16.4 Å². The summed E-state index contributed by atoms with van der Waals surface area (Å²) in [5.41, 5.74) is 2.00. The number of aromatic nitrogens is 7. The van der Waals surface area contributed by atoms with E-state index < -0.39 is 10.0 Å². The third kappa shape index (κ3) is 2.98. The predicted octanol–water partition coefficient (Wildman–Crippen LogP) is 0.311. The Morgan fingerprint density at radius 2 is 2.04 bits per heavy atom. The maximum atomic E-state index is 11.3. The molecule has 11 nitrogen and oxygen atoms in total. The van der Waals surface area contributed by atoms with Gasteiger partial charge in [-0.1, -0.05) is 0 Å². The van der Waals surface area contributed by atoms with Gasteiger partial charge in [-0.2, -0.15) is 10.1 Å². The maximum Gasteiger partial charge on any atom is 0.248 e. The van der Waals surface area contributed by atoms with Gasteiger partial charge in [-0.25, -0.2) is 23.1 Å². The molecule has 0 unspecified atom stereocenters. The molecule has 0 radical (unpaired) electrons. The zero-order valence-electron chi connectivity index (χ0n) is 13.5. The summed E-state index contributed by atoms with van der Waals surface area (Å²) in [6.45, 7) is 0. The van der Waals surface area contributed by atoms with Crippen LogP contribution in [-0.2, 0) is 17.1 Å². The van der Waals surface area contributed by atoms with Crippen LogP contribution in [0.1, 0.15) is 0 Å². The molecular formula is C14H13N9O2S. The molecule has 12 heteroatoms. The fourth-order valence-electron chi connectivity index (χ4n) is 2.35. The number of rotatable bonds is 4. The van der Waals surface area contributed by atoms with E-state index in [1.807, 2.05) is 13.2 Å². The first kappa shape index (κ1) is 16.1. The molecule has 0 aliphatic heterocycles. The quantitative estimate of drug-likeness (QED) is 0.521. The maximum absolute atomic E-state index is 11.3. The fraction of sp³-hybridized carbons (Fsp3) is 0.0714. The Balaban J connectivity index is 1.68. The van der Waals surface area contributed by atoms with Crippen LogP contribution < -0.4 is 10.5 Å². The average Bonchev–Trinajstić information content (AvgIpc) is 3.19. The first-order valence-corrected chi connectivity index (χ1v) is 8.91. The van der Waals surface area contributed by atoms with E-state index in [1.54, 1.807) is 27.8 Å². The lowest BCUT2D eigenvalue weighted by Gasteiger charge is -2.01. The summed E-state index contributed by atoms with van der Waals surface area (Å²) < 4.78 is 25.8. The number of nitrogens with zero attached hydrogens (tertiary/aromatic N) is 7. The van der Waals surface area contributed by atoms with Gasteiger partial charge in [-0.15, -0.1) is 5.10 Å². The molecule has 0 atom stereocenters. The lowest BCUT2D eigenvalue weighted by molar-refractivity contribution is 0.597. The highest BCUT2D eigenvalue weighted by atomic mass is 32.2. The number of nitrogens with two attached hydrogens (primary N) is 1. The minimum absolute atomic E-state index is 0.0749. The van der Waals surface area contributed by atoms with E-state index in [0.717, 1.165) is 11.8 Å². The summed E-state index contributed by atoms with van der Waals surface area (Å²) in [4.78, 5) is 12.7. The molecule has 0 saturated heterocycles. The van der Waals surface area contributed by atoms with Crippen molar-refractivity contribution in [2.75, 3.05) is 5.32 Å². The molecule has 0 saturated carbocycles. The van der Waals surface area contributed by atoms with Crippen molar-refractivity contribution < 1.29 is 8.42 Å². The van der Waals surface area contributed by atoms with Gasteiger partial charge in [-0.05, 0) is 12.1 Å². The normalized spacial score (nSPS) is 11.8. The highest BCUT2D eigenvalue weighted by Crippen LogP contribution is 2.22. The van der Waals surface area contributed by atoms with Crippen molar-refractivity contribution in [3.8, 4) is 11.3 Å². The second-order valence-electron chi connectivity index (χ2n) is 5.43. The van der Waals surface area contributed by atoms with Crippen LogP contribution in [-0.4, -0.2) is 42.8 Å². The summed E-state index contributed by atoms with van der Waals surface area (Å²) in [5, 5.41) is 16.4. The molecule has 0 aliphatic carbocycles. The molecule has 0 amide bonds. The second kappa shape index (κ2) is 5.86. The Hall–Kier alpha value is -3.38. The van der Waals surface area contributed by atoms with E-state index in [0.29, 0.717) is 23.1 Å². The van der Waals surface area contributed by atoms with E-state index in [2.05, 4.69) is 30.5 Å². The second-order valence-corrected chi connectivity index (χ2v) is 6.99. The van der Waals surface area contributed by atoms with Crippen molar-refractivity contribution >= 4 is 27.4 Å². The van der Waals surface area contributed by atoms with Gasteiger partial charge in [0.15, 0.2) is 5.65 Å². The van der Waals surface area contributed by atoms with Crippen molar-refractivity contribution in [2.45, 2.75) is 4.90 Å². The molecule has 4 aromatic heterocycles. The average molecular weight is 371 g/mol. The van der Waals surface area contributed by atoms with Crippen LogP contribution in [0, 0.1) is 0 Å². The number of anilines is 2. The molecule has 0 bridgehead atoms. The fourth-order valence-corrected chi connectivity index (χ4v) is 2.81. The van der Waals surface area contributed by atoms with E-state index in [1.165, 1.54) is 12.1 Å². The van der Waals surface area contributed by atoms with Crippen molar-refractivity contribution in [1.29, 1.82) is 0 Å². The highest BCUT2D eigenvalue weighted by Gasteiger charge is 2.13. The Bertz CT molecular complexity index is 1190. The number of aryl methyl sites for hydroxylation is 1. The zero-order valence-corrected chi connectivity index (χ0v) is 14.3. The standard InChI is InChI=1S/C14H13N9O2S/c1-22-8-9(6-18-22)12-13-20-14(21-23(13)5-4-16-12)19-11-3-2-10(7-17-11)26(15,24)25/h2-8H,1H3,(H2,15,24,25)(H,17,19,21). The largest absolute Gasteiger partial charge is 0.307 e. The summed E-state index contributed by atoms with van der Waals surface area (Å²) in [6.07, 6.45) is 7.98. The number of sulfonamides is 1. The first-order chi connectivity index (χ1) is 12.4. The summed E-state index contributed by atoms with van der Waals surface area (Å²) >= 11 is 0. The van der Waals surface area contributed by atoms with E-state index in [9.17, 15) is 8.42 Å².